The highest BCUT2D eigenvalue weighted by Gasteiger charge is 2.26. The molecule has 0 saturated carbocycles. The second-order valence-electron chi connectivity index (χ2n) is 12.0. The van der Waals surface area contributed by atoms with Crippen molar-refractivity contribution < 1.29 is 28.4 Å². The van der Waals surface area contributed by atoms with Crippen LogP contribution in [0.5, 0.6) is 46.0 Å². The highest BCUT2D eigenvalue weighted by molar-refractivity contribution is 5.62. The predicted molar refractivity (Wildman–Crippen MR) is 182 cm³/mol. The minimum atomic E-state index is 0.655. The quantitative estimate of drug-likeness (QED) is 0.198. The third-order valence-electron chi connectivity index (χ3n) is 8.51. The number of hydrogen-bond acceptors (Lipinski definition) is 8. The summed E-state index contributed by atoms with van der Waals surface area (Å²) in [6.45, 7) is 7.88. The van der Waals surface area contributed by atoms with Crippen molar-refractivity contribution in [1.82, 2.24) is 9.80 Å². The average molecular weight is 627 g/mol. The van der Waals surface area contributed by atoms with E-state index >= 15 is 0 Å². The third-order valence-corrected chi connectivity index (χ3v) is 8.51. The summed E-state index contributed by atoms with van der Waals surface area (Å²) in [4.78, 5) is 4.58. The fourth-order valence-corrected chi connectivity index (χ4v) is 5.88. The Kier molecular flexibility index (Phi) is 10.6. The van der Waals surface area contributed by atoms with Crippen molar-refractivity contribution in [1.29, 1.82) is 0 Å². The van der Waals surface area contributed by atoms with Gasteiger partial charge in [0, 0.05) is 37.3 Å². The zero-order chi connectivity index (χ0) is 32.8. The number of ether oxygens (including phenoxy) is 6. The molecule has 0 saturated heterocycles. The van der Waals surface area contributed by atoms with E-state index in [4.69, 9.17) is 28.4 Å². The first-order valence-corrected chi connectivity index (χ1v) is 15.6. The van der Waals surface area contributed by atoms with Gasteiger partial charge in [-0.1, -0.05) is 35.4 Å². The predicted octanol–water partition coefficient (Wildman–Crippen LogP) is 7.58. The molecule has 4 aromatic carbocycles. The normalized spacial score (nSPS) is 14.3. The molecule has 0 amide bonds. The highest BCUT2D eigenvalue weighted by atomic mass is 16.5. The molecule has 0 aliphatic carbocycles. The third kappa shape index (κ3) is 7.35. The Balaban J connectivity index is 0.000000181. The van der Waals surface area contributed by atoms with Gasteiger partial charge in [-0.05, 0) is 88.3 Å². The van der Waals surface area contributed by atoms with Gasteiger partial charge in [0.1, 0.15) is 11.5 Å². The molecule has 0 atom stereocenters. The van der Waals surface area contributed by atoms with E-state index in [1.54, 1.807) is 28.4 Å². The standard InChI is InChI=1S/2C19H23NO3/c2*1-13-5-7-15(8-6-13)23-18-16-12-20(2)10-9-14(16)11-17(21-3)19(18)22-4/h2*5-8,11H,9-10,12H2,1-4H3. The molecule has 46 heavy (non-hydrogen) atoms. The molecule has 0 radical (unpaired) electrons. The first-order valence-electron chi connectivity index (χ1n) is 15.6. The molecule has 8 nitrogen and oxygen atoms in total. The molecule has 2 heterocycles. The van der Waals surface area contributed by atoms with E-state index in [1.165, 1.54) is 33.4 Å². The Bertz CT molecular complexity index is 1510. The molecule has 0 unspecified atom stereocenters. The Morgan fingerprint density at radius 2 is 0.870 bits per heavy atom. The number of fused-ring (bicyclic) bond motifs is 2. The molecular formula is C38H46N2O6. The molecule has 6 rings (SSSR count). The average Bonchev–Trinajstić information content (AvgIpc) is 3.06. The molecule has 2 aliphatic rings. The highest BCUT2D eigenvalue weighted by Crippen LogP contribution is 2.47. The van der Waals surface area contributed by atoms with Crippen LogP contribution in [0.25, 0.3) is 0 Å². The lowest BCUT2D eigenvalue weighted by molar-refractivity contribution is 0.294. The lowest BCUT2D eigenvalue weighted by Gasteiger charge is -2.28. The molecule has 0 bridgehead atoms. The molecule has 4 aromatic rings. The van der Waals surface area contributed by atoms with Gasteiger partial charge in [-0.25, -0.2) is 0 Å². The Labute approximate surface area is 273 Å². The van der Waals surface area contributed by atoms with Crippen molar-refractivity contribution in [3.63, 3.8) is 0 Å². The summed E-state index contributed by atoms with van der Waals surface area (Å²) in [5, 5.41) is 0. The van der Waals surface area contributed by atoms with E-state index in [1.807, 2.05) is 48.5 Å². The van der Waals surface area contributed by atoms with Crippen molar-refractivity contribution in [2.75, 3.05) is 55.6 Å². The number of rotatable bonds is 8. The van der Waals surface area contributed by atoms with Gasteiger partial charge in [-0.15, -0.1) is 0 Å². The van der Waals surface area contributed by atoms with E-state index in [0.717, 1.165) is 73.5 Å². The van der Waals surface area contributed by atoms with Crippen LogP contribution in [0.15, 0.2) is 60.7 Å². The topological polar surface area (TPSA) is 61.9 Å². The van der Waals surface area contributed by atoms with Crippen molar-refractivity contribution in [3.05, 3.63) is 94.0 Å². The number of aryl methyl sites for hydroxylation is 2. The number of likely N-dealkylation sites (N-methyl/N-ethyl adjacent to an activating group) is 2. The minimum absolute atomic E-state index is 0.655. The first-order chi connectivity index (χ1) is 22.2. The maximum Gasteiger partial charge on any atom is 0.204 e. The SMILES string of the molecule is COc1cc2c(c(Oc3ccc(C)cc3)c1OC)CN(C)CC2.COc1cc2c(c(Oc3ccc(C)cc3)c1OC)CN(C)CC2. The van der Waals surface area contributed by atoms with Crippen LogP contribution in [0.2, 0.25) is 0 Å². The second kappa shape index (κ2) is 14.8. The maximum absolute atomic E-state index is 6.21. The van der Waals surface area contributed by atoms with Gasteiger partial charge in [0.05, 0.1) is 28.4 Å². The van der Waals surface area contributed by atoms with Crippen molar-refractivity contribution in [2.45, 2.75) is 39.8 Å². The Morgan fingerprint density at radius 1 is 0.500 bits per heavy atom. The smallest absolute Gasteiger partial charge is 0.204 e. The van der Waals surface area contributed by atoms with Gasteiger partial charge in [0.25, 0.3) is 0 Å². The lowest BCUT2D eigenvalue weighted by Crippen LogP contribution is -2.27. The number of hydrogen-bond donors (Lipinski definition) is 0. The summed E-state index contributed by atoms with van der Waals surface area (Å²) >= 11 is 0. The maximum atomic E-state index is 6.21. The van der Waals surface area contributed by atoms with Crippen LogP contribution in [0, 0.1) is 13.8 Å². The monoisotopic (exact) mass is 626 g/mol. The van der Waals surface area contributed by atoms with Gasteiger partial charge < -0.3 is 38.2 Å². The van der Waals surface area contributed by atoms with Crippen LogP contribution in [-0.4, -0.2) is 65.4 Å². The lowest BCUT2D eigenvalue weighted by atomic mass is 9.98. The van der Waals surface area contributed by atoms with Crippen LogP contribution in [-0.2, 0) is 25.9 Å². The zero-order valence-corrected chi connectivity index (χ0v) is 28.4. The zero-order valence-electron chi connectivity index (χ0n) is 28.4. The van der Waals surface area contributed by atoms with E-state index < -0.39 is 0 Å². The molecule has 0 fully saturated rings. The van der Waals surface area contributed by atoms with Gasteiger partial charge in [0.2, 0.25) is 11.5 Å². The fraction of sp³-hybridized carbons (Fsp3) is 0.368. The van der Waals surface area contributed by atoms with Crippen molar-refractivity contribution >= 4 is 0 Å². The molecule has 8 heteroatoms. The van der Waals surface area contributed by atoms with Gasteiger partial charge >= 0.3 is 0 Å². The molecule has 0 aromatic heterocycles. The van der Waals surface area contributed by atoms with Gasteiger partial charge in [-0.2, -0.15) is 0 Å². The summed E-state index contributed by atoms with van der Waals surface area (Å²) in [7, 11) is 10.9. The molecule has 244 valence electrons. The number of methoxy groups -OCH3 is 4. The molecule has 2 aliphatic heterocycles. The van der Waals surface area contributed by atoms with Gasteiger partial charge in [0.15, 0.2) is 23.0 Å². The van der Waals surface area contributed by atoms with Crippen LogP contribution in [0.3, 0.4) is 0 Å². The fourth-order valence-electron chi connectivity index (χ4n) is 5.88. The minimum Gasteiger partial charge on any atom is -0.493 e. The molecule has 0 spiro atoms. The van der Waals surface area contributed by atoms with E-state index in [0.29, 0.717) is 11.5 Å². The number of nitrogens with zero attached hydrogens (tertiary/aromatic N) is 2. The van der Waals surface area contributed by atoms with E-state index in [9.17, 15) is 0 Å². The molecular weight excluding hydrogens is 580 g/mol. The van der Waals surface area contributed by atoms with Crippen LogP contribution < -0.4 is 28.4 Å². The summed E-state index contributed by atoms with van der Waals surface area (Å²) in [5.41, 5.74) is 7.30. The Morgan fingerprint density at radius 3 is 1.20 bits per heavy atom. The van der Waals surface area contributed by atoms with Crippen LogP contribution in [0.1, 0.15) is 33.4 Å². The van der Waals surface area contributed by atoms with Crippen molar-refractivity contribution in [3.8, 4) is 46.0 Å². The van der Waals surface area contributed by atoms with Crippen LogP contribution >= 0.6 is 0 Å². The van der Waals surface area contributed by atoms with E-state index in [-0.39, 0.29) is 0 Å². The summed E-state index contributed by atoms with van der Waals surface area (Å²) in [6, 6.07) is 20.2. The first kappa shape index (κ1) is 33.0. The van der Waals surface area contributed by atoms with Gasteiger partial charge in [-0.3, -0.25) is 0 Å². The summed E-state index contributed by atoms with van der Waals surface area (Å²) in [5.74, 6) is 5.88. The molecule has 0 N–H and O–H groups in total. The summed E-state index contributed by atoms with van der Waals surface area (Å²) < 4.78 is 34.6. The summed E-state index contributed by atoms with van der Waals surface area (Å²) in [6.07, 6.45) is 1.97. The van der Waals surface area contributed by atoms with Crippen LogP contribution in [0.4, 0.5) is 0 Å². The second-order valence-corrected chi connectivity index (χ2v) is 12.0. The van der Waals surface area contributed by atoms with E-state index in [2.05, 4.69) is 49.9 Å². The Hall–Kier alpha value is -4.40. The largest absolute Gasteiger partial charge is 0.493 e. The number of benzene rings is 4. The van der Waals surface area contributed by atoms with Crippen molar-refractivity contribution in [2.24, 2.45) is 0 Å².